The highest BCUT2D eigenvalue weighted by Crippen LogP contribution is 2.41. The van der Waals surface area contributed by atoms with Crippen molar-refractivity contribution in [2.24, 2.45) is 0 Å². The van der Waals surface area contributed by atoms with Crippen molar-refractivity contribution in [2.75, 3.05) is 0 Å². The van der Waals surface area contributed by atoms with Crippen LogP contribution >= 0.6 is 0 Å². The van der Waals surface area contributed by atoms with E-state index in [4.69, 9.17) is 0 Å². The number of rotatable bonds is 0. The molecule has 0 amide bonds. The van der Waals surface area contributed by atoms with Crippen LogP contribution in [0.1, 0.15) is 18.1 Å². The van der Waals surface area contributed by atoms with Crippen molar-refractivity contribution >= 4 is 43.1 Å². The van der Waals surface area contributed by atoms with Gasteiger partial charge in [0.25, 0.3) is 0 Å². The summed E-state index contributed by atoms with van der Waals surface area (Å²) in [5, 5.41) is 10.6. The highest BCUT2D eigenvalue weighted by Gasteiger charge is 2.14. The van der Waals surface area contributed by atoms with Gasteiger partial charge in [0.1, 0.15) is 0 Å². The van der Waals surface area contributed by atoms with Crippen molar-refractivity contribution < 1.29 is 0 Å². The first kappa shape index (κ1) is 13.4. The van der Waals surface area contributed by atoms with Gasteiger partial charge in [-0.25, -0.2) is 0 Å². The minimum atomic E-state index is 1.11. The van der Waals surface area contributed by atoms with Crippen molar-refractivity contribution in [3.05, 3.63) is 71.8 Å². The third-order valence-electron chi connectivity index (χ3n) is 5.14. The third kappa shape index (κ3) is 1.59. The maximum Gasteiger partial charge on any atom is 0.0324 e. The third-order valence-corrected chi connectivity index (χ3v) is 5.14. The van der Waals surface area contributed by atoms with Gasteiger partial charge in [0.05, 0.1) is 0 Å². The van der Waals surface area contributed by atoms with Gasteiger partial charge in [-0.3, -0.25) is 0 Å². The van der Waals surface area contributed by atoms with E-state index in [1.165, 1.54) is 48.7 Å². The lowest BCUT2D eigenvalue weighted by Crippen LogP contribution is -1.89. The Balaban J connectivity index is 2.19. The second kappa shape index (κ2) is 4.73. The molecule has 0 N–H and O–H groups in total. The molecule has 0 bridgehead atoms. The standard InChI is InChI=1S/C24H16/c1-3-6-16-12-14-22-19-9-4-7-17-15(2)11-13-21(23(17)19)20-10-5-8-18(16)24(20)22/h4-5,7-14H,1-2H3. The minimum Gasteiger partial charge on any atom is -0.101 e. The van der Waals surface area contributed by atoms with Crippen LogP contribution in [0.3, 0.4) is 0 Å². The van der Waals surface area contributed by atoms with E-state index >= 15 is 0 Å². The molecule has 0 aromatic heterocycles. The molecule has 0 aliphatic rings. The molecular weight excluding hydrogens is 288 g/mol. The fourth-order valence-corrected chi connectivity index (χ4v) is 4.10. The van der Waals surface area contributed by atoms with E-state index in [2.05, 4.69) is 79.4 Å². The van der Waals surface area contributed by atoms with Crippen molar-refractivity contribution in [2.45, 2.75) is 13.8 Å². The van der Waals surface area contributed by atoms with Gasteiger partial charge in [0.2, 0.25) is 0 Å². The smallest absolute Gasteiger partial charge is 0.0324 e. The zero-order valence-corrected chi connectivity index (χ0v) is 13.8. The van der Waals surface area contributed by atoms with Crippen LogP contribution in [-0.2, 0) is 0 Å². The summed E-state index contributed by atoms with van der Waals surface area (Å²) in [6.45, 7) is 4.09. The van der Waals surface area contributed by atoms with Crippen molar-refractivity contribution in [3.63, 3.8) is 0 Å². The summed E-state index contributed by atoms with van der Waals surface area (Å²) in [5.74, 6) is 6.31. The number of fused-ring (bicyclic) bond motifs is 2. The summed E-state index contributed by atoms with van der Waals surface area (Å²) in [5.41, 5.74) is 2.44. The van der Waals surface area contributed by atoms with Gasteiger partial charge in [0.15, 0.2) is 0 Å². The molecule has 0 atom stereocenters. The molecule has 5 aromatic carbocycles. The lowest BCUT2D eigenvalue weighted by atomic mass is 9.87. The van der Waals surface area contributed by atoms with Crippen LogP contribution in [0.15, 0.2) is 60.7 Å². The van der Waals surface area contributed by atoms with E-state index in [9.17, 15) is 0 Å². The maximum absolute atomic E-state index is 3.26. The molecule has 0 aliphatic heterocycles. The Labute approximate surface area is 141 Å². The van der Waals surface area contributed by atoms with Crippen LogP contribution in [0.5, 0.6) is 0 Å². The van der Waals surface area contributed by atoms with Crippen molar-refractivity contribution in [3.8, 4) is 11.8 Å². The number of aryl methyl sites for hydroxylation is 1. The average Bonchev–Trinajstić information content (AvgIpc) is 2.62. The van der Waals surface area contributed by atoms with Crippen LogP contribution in [0.25, 0.3) is 43.1 Å². The Morgan fingerprint density at radius 3 is 1.83 bits per heavy atom. The molecule has 5 aromatic rings. The second-order valence-corrected chi connectivity index (χ2v) is 6.42. The number of benzene rings is 5. The quantitative estimate of drug-likeness (QED) is 0.176. The zero-order valence-electron chi connectivity index (χ0n) is 13.8. The summed E-state index contributed by atoms with van der Waals surface area (Å²) < 4.78 is 0. The normalized spacial score (nSPS) is 11.4. The molecule has 0 fully saturated rings. The van der Waals surface area contributed by atoms with Crippen LogP contribution in [0.4, 0.5) is 0 Å². The van der Waals surface area contributed by atoms with E-state index in [-0.39, 0.29) is 0 Å². The first-order valence-corrected chi connectivity index (χ1v) is 8.31. The molecule has 24 heavy (non-hydrogen) atoms. The lowest BCUT2D eigenvalue weighted by molar-refractivity contribution is 1.55. The molecule has 112 valence electrons. The molecule has 0 nitrogen and oxygen atoms in total. The van der Waals surface area contributed by atoms with Crippen molar-refractivity contribution in [1.82, 2.24) is 0 Å². The van der Waals surface area contributed by atoms with Gasteiger partial charge in [-0.2, -0.15) is 0 Å². The van der Waals surface area contributed by atoms with E-state index < -0.39 is 0 Å². The Morgan fingerprint density at radius 2 is 1.12 bits per heavy atom. The largest absolute Gasteiger partial charge is 0.101 e. The minimum absolute atomic E-state index is 1.11. The molecule has 0 unspecified atom stereocenters. The molecular formula is C24H16. The Bertz CT molecular complexity index is 1290. The molecule has 0 saturated heterocycles. The molecule has 0 spiro atoms. The molecule has 0 heteroatoms. The van der Waals surface area contributed by atoms with Gasteiger partial charge in [-0.1, -0.05) is 60.5 Å². The summed E-state index contributed by atoms with van der Waals surface area (Å²) in [4.78, 5) is 0. The van der Waals surface area contributed by atoms with Crippen LogP contribution in [0, 0.1) is 18.8 Å². The van der Waals surface area contributed by atoms with Crippen LogP contribution in [-0.4, -0.2) is 0 Å². The molecule has 0 saturated carbocycles. The van der Waals surface area contributed by atoms with Crippen LogP contribution in [0.2, 0.25) is 0 Å². The Kier molecular flexibility index (Phi) is 2.64. The predicted molar refractivity (Wildman–Crippen MR) is 105 cm³/mol. The van der Waals surface area contributed by atoms with Gasteiger partial charge < -0.3 is 0 Å². The first-order valence-electron chi connectivity index (χ1n) is 8.31. The van der Waals surface area contributed by atoms with Crippen molar-refractivity contribution in [1.29, 1.82) is 0 Å². The molecule has 0 aliphatic carbocycles. The van der Waals surface area contributed by atoms with E-state index in [0.29, 0.717) is 0 Å². The SMILES string of the molecule is CC#Cc1ccc2c3cccc4c(C)ccc(c5cccc1c52)c43. The Hall–Kier alpha value is -3.04. The topological polar surface area (TPSA) is 0 Å². The van der Waals surface area contributed by atoms with Gasteiger partial charge in [-0.15, -0.1) is 5.92 Å². The summed E-state index contributed by atoms with van der Waals surface area (Å²) in [6.07, 6.45) is 0. The molecule has 0 heterocycles. The summed E-state index contributed by atoms with van der Waals surface area (Å²) >= 11 is 0. The van der Waals surface area contributed by atoms with E-state index in [0.717, 1.165) is 5.56 Å². The predicted octanol–water partition coefficient (Wildman–Crippen LogP) is 6.42. The summed E-state index contributed by atoms with van der Waals surface area (Å²) in [7, 11) is 0. The second-order valence-electron chi connectivity index (χ2n) is 6.42. The first-order chi connectivity index (χ1) is 11.8. The summed E-state index contributed by atoms with van der Waals surface area (Å²) in [6, 6.07) is 22.2. The van der Waals surface area contributed by atoms with Gasteiger partial charge in [0, 0.05) is 5.56 Å². The van der Waals surface area contributed by atoms with Crippen LogP contribution < -0.4 is 0 Å². The number of hydrogen-bond donors (Lipinski definition) is 0. The highest BCUT2D eigenvalue weighted by atomic mass is 14.2. The van der Waals surface area contributed by atoms with Gasteiger partial charge in [-0.05, 0) is 68.6 Å². The van der Waals surface area contributed by atoms with E-state index in [1.54, 1.807) is 0 Å². The lowest BCUT2D eigenvalue weighted by Gasteiger charge is -2.16. The number of hydrogen-bond acceptors (Lipinski definition) is 0. The molecule has 0 radical (unpaired) electrons. The monoisotopic (exact) mass is 304 g/mol. The highest BCUT2D eigenvalue weighted by molar-refractivity contribution is 6.33. The average molecular weight is 304 g/mol. The fourth-order valence-electron chi connectivity index (χ4n) is 4.10. The van der Waals surface area contributed by atoms with E-state index in [1.807, 2.05) is 6.92 Å². The van der Waals surface area contributed by atoms with Gasteiger partial charge >= 0.3 is 0 Å². The fraction of sp³-hybridized carbons (Fsp3) is 0.0833. The zero-order chi connectivity index (χ0) is 16.3. The molecule has 5 rings (SSSR count). The maximum atomic E-state index is 3.26. The Morgan fingerprint density at radius 1 is 0.583 bits per heavy atom.